The molecule has 0 aliphatic carbocycles. The number of hydrogen-bond acceptors (Lipinski definition) is 2. The van der Waals surface area contributed by atoms with Crippen molar-refractivity contribution in [2.75, 3.05) is 0 Å². The van der Waals surface area contributed by atoms with E-state index in [9.17, 15) is 13.2 Å². The van der Waals surface area contributed by atoms with E-state index in [4.69, 9.17) is 0 Å². The number of aromatic nitrogens is 3. The average Bonchev–Trinajstić information content (AvgIpc) is 2.91. The van der Waals surface area contributed by atoms with Gasteiger partial charge in [0, 0.05) is 12.4 Å². The summed E-state index contributed by atoms with van der Waals surface area (Å²) in [6.07, 6.45) is -0.712. The summed E-state index contributed by atoms with van der Waals surface area (Å²) in [7, 11) is 0. The van der Waals surface area contributed by atoms with Crippen molar-refractivity contribution in [1.29, 1.82) is 0 Å². The first-order chi connectivity index (χ1) is 9.00. The molecule has 0 saturated carbocycles. The highest BCUT2D eigenvalue weighted by Gasteiger charge is 2.33. The molecule has 0 saturated heterocycles. The van der Waals surface area contributed by atoms with Crippen molar-refractivity contribution in [3.05, 3.63) is 41.9 Å². The maximum absolute atomic E-state index is 12.3. The lowest BCUT2D eigenvalue weighted by atomic mass is 10.2. The van der Waals surface area contributed by atoms with Crippen molar-refractivity contribution in [2.24, 2.45) is 0 Å². The zero-order valence-corrected chi connectivity index (χ0v) is 11.1. The van der Waals surface area contributed by atoms with Crippen molar-refractivity contribution < 1.29 is 13.2 Å². The molecule has 0 N–H and O–H groups in total. The van der Waals surface area contributed by atoms with E-state index in [-0.39, 0.29) is 0 Å². The van der Waals surface area contributed by atoms with Gasteiger partial charge in [0.25, 0.3) is 0 Å². The van der Waals surface area contributed by atoms with Gasteiger partial charge in [0.2, 0.25) is 0 Å². The first kappa shape index (κ1) is 15.2. The summed E-state index contributed by atoms with van der Waals surface area (Å²) in [5.74, 6) is 0.373. The number of nitrogens with zero attached hydrogens (tertiary/aromatic N) is 3. The van der Waals surface area contributed by atoms with Gasteiger partial charge in [0.05, 0.1) is 0 Å². The SMILES string of the molecule is CC.CCc1ccc(-n2ccc(C(F)(F)F)n2)nc1. The summed E-state index contributed by atoms with van der Waals surface area (Å²) in [6.45, 7) is 5.98. The topological polar surface area (TPSA) is 30.7 Å². The number of rotatable bonds is 2. The minimum Gasteiger partial charge on any atom is -0.237 e. The van der Waals surface area contributed by atoms with Crippen LogP contribution in [-0.2, 0) is 12.6 Å². The van der Waals surface area contributed by atoms with Crippen molar-refractivity contribution in [1.82, 2.24) is 14.8 Å². The predicted molar refractivity (Wildman–Crippen MR) is 67.1 cm³/mol. The van der Waals surface area contributed by atoms with E-state index in [0.29, 0.717) is 5.82 Å². The Morgan fingerprint density at radius 3 is 2.26 bits per heavy atom. The molecule has 0 aliphatic heterocycles. The molecular weight excluding hydrogens is 255 g/mol. The number of alkyl halides is 3. The number of halogens is 3. The van der Waals surface area contributed by atoms with Gasteiger partial charge in [-0.2, -0.15) is 18.3 Å². The minimum atomic E-state index is -4.42. The Morgan fingerprint density at radius 2 is 1.84 bits per heavy atom. The van der Waals surface area contributed by atoms with Crippen molar-refractivity contribution in [3.63, 3.8) is 0 Å². The third-order valence-electron chi connectivity index (χ3n) is 2.33. The van der Waals surface area contributed by atoms with Gasteiger partial charge in [-0.05, 0) is 24.1 Å². The molecule has 0 radical (unpaired) electrons. The van der Waals surface area contributed by atoms with Crippen LogP contribution >= 0.6 is 0 Å². The molecule has 0 bridgehead atoms. The molecule has 2 aromatic heterocycles. The second-order valence-corrected chi connectivity index (χ2v) is 3.52. The van der Waals surface area contributed by atoms with Gasteiger partial charge in [-0.15, -0.1) is 0 Å². The van der Waals surface area contributed by atoms with Crippen LogP contribution in [0.4, 0.5) is 13.2 Å². The highest BCUT2D eigenvalue weighted by atomic mass is 19.4. The Hall–Kier alpha value is -1.85. The van der Waals surface area contributed by atoms with E-state index in [1.807, 2.05) is 26.8 Å². The maximum Gasteiger partial charge on any atom is 0.435 e. The second-order valence-electron chi connectivity index (χ2n) is 3.52. The first-order valence-corrected chi connectivity index (χ1v) is 6.09. The van der Waals surface area contributed by atoms with Crippen molar-refractivity contribution in [2.45, 2.75) is 33.4 Å². The lowest BCUT2D eigenvalue weighted by Crippen LogP contribution is -2.07. The summed E-state index contributed by atoms with van der Waals surface area (Å²) in [6, 6.07) is 4.39. The molecule has 3 nitrogen and oxygen atoms in total. The van der Waals surface area contributed by atoms with E-state index in [2.05, 4.69) is 10.1 Å². The lowest BCUT2D eigenvalue weighted by Gasteiger charge is -2.03. The smallest absolute Gasteiger partial charge is 0.237 e. The van der Waals surface area contributed by atoms with E-state index < -0.39 is 11.9 Å². The fourth-order valence-electron chi connectivity index (χ4n) is 1.36. The molecule has 104 valence electrons. The predicted octanol–water partition coefficient (Wildman–Crippen LogP) is 3.87. The number of aryl methyl sites for hydroxylation is 1. The van der Waals surface area contributed by atoms with Gasteiger partial charge in [-0.25, -0.2) is 9.67 Å². The quantitative estimate of drug-likeness (QED) is 0.830. The molecule has 19 heavy (non-hydrogen) atoms. The molecule has 0 aromatic carbocycles. The zero-order valence-electron chi connectivity index (χ0n) is 11.1. The third-order valence-corrected chi connectivity index (χ3v) is 2.33. The second kappa shape index (κ2) is 6.36. The Morgan fingerprint density at radius 1 is 1.16 bits per heavy atom. The van der Waals surface area contributed by atoms with Gasteiger partial charge in [0.1, 0.15) is 0 Å². The molecular formula is C13H16F3N3. The summed E-state index contributed by atoms with van der Waals surface area (Å²) in [5, 5.41) is 3.44. The summed E-state index contributed by atoms with van der Waals surface area (Å²) >= 11 is 0. The number of pyridine rings is 1. The molecule has 6 heteroatoms. The zero-order chi connectivity index (χ0) is 14.5. The molecule has 0 aliphatic rings. The minimum absolute atomic E-state index is 0.373. The molecule has 0 amide bonds. The Bertz CT molecular complexity index is 501. The monoisotopic (exact) mass is 271 g/mol. The van der Waals surface area contributed by atoms with Gasteiger partial charge in [0.15, 0.2) is 11.5 Å². The largest absolute Gasteiger partial charge is 0.435 e. The van der Waals surface area contributed by atoms with Crippen LogP contribution in [-0.4, -0.2) is 14.8 Å². The molecule has 0 atom stereocenters. The Kier molecular flexibility index (Phi) is 5.09. The van der Waals surface area contributed by atoms with Crippen LogP contribution < -0.4 is 0 Å². The van der Waals surface area contributed by atoms with Crippen LogP contribution in [0.5, 0.6) is 0 Å². The molecule has 2 rings (SSSR count). The standard InChI is InChI=1S/C11H10F3N3.C2H6/c1-2-8-3-4-10(15-7-8)17-6-5-9(16-17)11(12,13)14;1-2/h3-7H,2H2,1H3;1-2H3. The van der Waals surface area contributed by atoms with Crippen LogP contribution in [0.2, 0.25) is 0 Å². The Balaban J connectivity index is 0.000000861. The van der Waals surface area contributed by atoms with Crippen molar-refractivity contribution in [3.8, 4) is 5.82 Å². The van der Waals surface area contributed by atoms with Crippen molar-refractivity contribution >= 4 is 0 Å². The van der Waals surface area contributed by atoms with Gasteiger partial charge < -0.3 is 0 Å². The lowest BCUT2D eigenvalue weighted by molar-refractivity contribution is -0.141. The fourth-order valence-corrected chi connectivity index (χ4v) is 1.36. The number of hydrogen-bond donors (Lipinski definition) is 0. The first-order valence-electron chi connectivity index (χ1n) is 6.09. The summed E-state index contributed by atoms with van der Waals surface area (Å²) in [5.41, 5.74) is 0.107. The van der Waals surface area contributed by atoms with Crippen LogP contribution in [0, 0.1) is 0 Å². The van der Waals surface area contributed by atoms with Crippen LogP contribution in [0.3, 0.4) is 0 Å². The summed E-state index contributed by atoms with van der Waals surface area (Å²) < 4.78 is 38.1. The third kappa shape index (κ3) is 3.81. The Labute approximate surface area is 110 Å². The molecule has 0 fully saturated rings. The average molecular weight is 271 g/mol. The van der Waals surface area contributed by atoms with Crippen LogP contribution in [0.15, 0.2) is 30.6 Å². The maximum atomic E-state index is 12.3. The van der Waals surface area contributed by atoms with Crippen LogP contribution in [0.25, 0.3) is 5.82 Å². The molecule has 0 spiro atoms. The van der Waals surface area contributed by atoms with E-state index in [0.717, 1.165) is 22.7 Å². The molecule has 2 aromatic rings. The fraction of sp³-hybridized carbons (Fsp3) is 0.385. The highest BCUT2D eigenvalue weighted by molar-refractivity contribution is 5.25. The highest BCUT2D eigenvalue weighted by Crippen LogP contribution is 2.27. The van der Waals surface area contributed by atoms with Crippen LogP contribution in [0.1, 0.15) is 32.0 Å². The van der Waals surface area contributed by atoms with Gasteiger partial charge in [-0.1, -0.05) is 26.8 Å². The summed E-state index contributed by atoms with van der Waals surface area (Å²) in [4.78, 5) is 4.05. The van der Waals surface area contributed by atoms with E-state index >= 15 is 0 Å². The normalized spacial score (nSPS) is 10.8. The molecule has 2 heterocycles. The van der Waals surface area contributed by atoms with E-state index in [1.54, 1.807) is 12.3 Å². The van der Waals surface area contributed by atoms with E-state index in [1.165, 1.54) is 6.20 Å². The van der Waals surface area contributed by atoms with Gasteiger partial charge in [-0.3, -0.25) is 0 Å². The van der Waals surface area contributed by atoms with Gasteiger partial charge >= 0.3 is 6.18 Å². The molecule has 0 unspecified atom stereocenters.